The molecule has 0 aromatic carbocycles. The number of ether oxygens (including phenoxy) is 1. The first-order valence-electron chi connectivity index (χ1n) is 8.25. The summed E-state index contributed by atoms with van der Waals surface area (Å²) in [4.78, 5) is 5.07. The normalized spacial score (nSPS) is 34.0. The van der Waals surface area contributed by atoms with E-state index in [1.165, 1.54) is 0 Å². The van der Waals surface area contributed by atoms with Crippen LogP contribution in [0.25, 0.3) is 0 Å². The van der Waals surface area contributed by atoms with Crippen molar-refractivity contribution < 1.29 is 4.74 Å². The zero-order chi connectivity index (χ0) is 14.7. The monoisotopic (exact) mass is 283 g/mol. The SMILES string of the molecule is CC(C)C1CN(CC2CN(C)CCO2)C(C(C)C)CN1. The molecule has 3 atom stereocenters. The van der Waals surface area contributed by atoms with Crippen LogP contribution < -0.4 is 5.32 Å². The first-order valence-corrected chi connectivity index (χ1v) is 8.25. The number of piperazine rings is 1. The lowest BCUT2D eigenvalue weighted by molar-refractivity contribution is -0.0517. The number of rotatable bonds is 4. The summed E-state index contributed by atoms with van der Waals surface area (Å²) in [6.45, 7) is 15.7. The van der Waals surface area contributed by atoms with Crippen molar-refractivity contribution in [2.75, 3.05) is 46.4 Å². The third-order valence-corrected chi connectivity index (χ3v) is 4.84. The third-order valence-electron chi connectivity index (χ3n) is 4.84. The number of hydrogen-bond donors (Lipinski definition) is 1. The van der Waals surface area contributed by atoms with E-state index >= 15 is 0 Å². The highest BCUT2D eigenvalue weighted by atomic mass is 16.5. The van der Waals surface area contributed by atoms with Crippen molar-refractivity contribution in [2.45, 2.75) is 45.9 Å². The largest absolute Gasteiger partial charge is 0.374 e. The molecule has 2 fully saturated rings. The van der Waals surface area contributed by atoms with E-state index in [2.05, 4.69) is 49.9 Å². The molecule has 20 heavy (non-hydrogen) atoms. The molecule has 0 aromatic rings. The summed E-state index contributed by atoms with van der Waals surface area (Å²) in [5.74, 6) is 1.39. The van der Waals surface area contributed by atoms with Gasteiger partial charge in [-0.05, 0) is 18.9 Å². The molecule has 0 aromatic heterocycles. The first kappa shape index (κ1) is 16.2. The van der Waals surface area contributed by atoms with Crippen LogP contribution in [0.3, 0.4) is 0 Å². The van der Waals surface area contributed by atoms with Gasteiger partial charge >= 0.3 is 0 Å². The van der Waals surface area contributed by atoms with Gasteiger partial charge < -0.3 is 15.0 Å². The number of nitrogens with zero attached hydrogens (tertiary/aromatic N) is 2. The van der Waals surface area contributed by atoms with Gasteiger partial charge in [0.15, 0.2) is 0 Å². The molecule has 3 unspecified atom stereocenters. The van der Waals surface area contributed by atoms with Crippen LogP contribution in [0.4, 0.5) is 0 Å². The Hall–Kier alpha value is -0.160. The fourth-order valence-corrected chi connectivity index (χ4v) is 3.41. The van der Waals surface area contributed by atoms with Crippen molar-refractivity contribution in [3.05, 3.63) is 0 Å². The van der Waals surface area contributed by atoms with Gasteiger partial charge in [0.05, 0.1) is 12.7 Å². The van der Waals surface area contributed by atoms with E-state index in [0.717, 1.165) is 39.3 Å². The molecule has 0 amide bonds. The van der Waals surface area contributed by atoms with Crippen LogP contribution in [0.5, 0.6) is 0 Å². The highest BCUT2D eigenvalue weighted by molar-refractivity contribution is 4.90. The standard InChI is InChI=1S/C16H33N3O/c1-12(2)15-11-19(16(8-17-15)13(3)4)10-14-9-18(5)6-7-20-14/h12-17H,6-11H2,1-5H3. The van der Waals surface area contributed by atoms with Crippen LogP contribution >= 0.6 is 0 Å². The molecule has 2 rings (SSSR count). The molecule has 4 heteroatoms. The predicted octanol–water partition coefficient (Wildman–Crippen LogP) is 1.27. The van der Waals surface area contributed by atoms with Crippen LogP contribution in [0.15, 0.2) is 0 Å². The second-order valence-electron chi connectivity index (χ2n) is 7.28. The Kier molecular flexibility index (Phi) is 5.84. The number of likely N-dealkylation sites (N-methyl/N-ethyl adjacent to an activating group) is 1. The molecule has 0 aliphatic carbocycles. The molecule has 1 N–H and O–H groups in total. The Balaban J connectivity index is 1.95. The van der Waals surface area contributed by atoms with Gasteiger partial charge in [-0.3, -0.25) is 4.90 Å². The molecule has 118 valence electrons. The molecule has 0 saturated carbocycles. The Labute approximate surface area is 124 Å². The molecule has 2 aliphatic rings. The van der Waals surface area contributed by atoms with E-state index in [1.54, 1.807) is 0 Å². The van der Waals surface area contributed by atoms with E-state index in [1.807, 2.05) is 0 Å². The average Bonchev–Trinajstić information content (AvgIpc) is 2.38. The Bertz CT molecular complexity index is 295. The maximum absolute atomic E-state index is 5.97. The zero-order valence-corrected chi connectivity index (χ0v) is 13.9. The minimum Gasteiger partial charge on any atom is -0.374 e. The first-order chi connectivity index (χ1) is 9.47. The molecule has 0 spiro atoms. The lowest BCUT2D eigenvalue weighted by atomic mass is 9.94. The zero-order valence-electron chi connectivity index (χ0n) is 13.9. The van der Waals surface area contributed by atoms with Crippen molar-refractivity contribution in [3.8, 4) is 0 Å². The van der Waals surface area contributed by atoms with Gasteiger partial charge in [-0.2, -0.15) is 0 Å². The van der Waals surface area contributed by atoms with E-state index in [0.29, 0.717) is 30.0 Å². The predicted molar refractivity (Wildman–Crippen MR) is 84.1 cm³/mol. The smallest absolute Gasteiger partial charge is 0.0829 e. The third kappa shape index (κ3) is 4.17. The topological polar surface area (TPSA) is 27.7 Å². The second-order valence-corrected chi connectivity index (χ2v) is 7.28. The quantitative estimate of drug-likeness (QED) is 0.841. The molecule has 0 bridgehead atoms. The Morgan fingerprint density at radius 1 is 1.15 bits per heavy atom. The fraction of sp³-hybridized carbons (Fsp3) is 1.00. The molecule has 2 saturated heterocycles. The summed E-state index contributed by atoms with van der Waals surface area (Å²) in [6, 6.07) is 1.26. The van der Waals surface area contributed by atoms with Gasteiger partial charge in [0, 0.05) is 44.8 Å². The van der Waals surface area contributed by atoms with Gasteiger partial charge in [0.2, 0.25) is 0 Å². The van der Waals surface area contributed by atoms with Gasteiger partial charge in [-0.25, -0.2) is 0 Å². The minimum absolute atomic E-state index is 0.376. The number of morpholine rings is 1. The Morgan fingerprint density at radius 2 is 1.90 bits per heavy atom. The van der Waals surface area contributed by atoms with Crippen molar-refractivity contribution in [1.29, 1.82) is 0 Å². The minimum atomic E-state index is 0.376. The lowest BCUT2D eigenvalue weighted by Gasteiger charge is -2.45. The van der Waals surface area contributed by atoms with Crippen LogP contribution in [0.2, 0.25) is 0 Å². The number of hydrogen-bond acceptors (Lipinski definition) is 4. The summed E-state index contributed by atoms with van der Waals surface area (Å²) in [7, 11) is 2.20. The summed E-state index contributed by atoms with van der Waals surface area (Å²) in [5.41, 5.74) is 0. The average molecular weight is 283 g/mol. The maximum atomic E-state index is 5.97. The van der Waals surface area contributed by atoms with Gasteiger partial charge in [0.1, 0.15) is 0 Å². The molecule has 0 radical (unpaired) electrons. The van der Waals surface area contributed by atoms with E-state index in [9.17, 15) is 0 Å². The van der Waals surface area contributed by atoms with Crippen molar-refractivity contribution in [3.63, 3.8) is 0 Å². The van der Waals surface area contributed by atoms with Crippen LogP contribution in [0.1, 0.15) is 27.7 Å². The number of nitrogens with one attached hydrogen (secondary N) is 1. The van der Waals surface area contributed by atoms with Crippen LogP contribution in [0, 0.1) is 11.8 Å². The van der Waals surface area contributed by atoms with Gasteiger partial charge in [-0.1, -0.05) is 27.7 Å². The molecular weight excluding hydrogens is 250 g/mol. The van der Waals surface area contributed by atoms with Crippen LogP contribution in [-0.2, 0) is 4.74 Å². The second kappa shape index (κ2) is 7.21. The Morgan fingerprint density at radius 3 is 2.50 bits per heavy atom. The highest BCUT2D eigenvalue weighted by Crippen LogP contribution is 2.19. The highest BCUT2D eigenvalue weighted by Gasteiger charge is 2.33. The molecule has 2 aliphatic heterocycles. The van der Waals surface area contributed by atoms with Crippen molar-refractivity contribution >= 4 is 0 Å². The van der Waals surface area contributed by atoms with Crippen molar-refractivity contribution in [2.24, 2.45) is 11.8 Å². The maximum Gasteiger partial charge on any atom is 0.0829 e. The summed E-state index contributed by atoms with van der Waals surface area (Å²) in [5, 5.41) is 3.73. The molecular formula is C16H33N3O. The van der Waals surface area contributed by atoms with Crippen LogP contribution in [-0.4, -0.2) is 74.4 Å². The van der Waals surface area contributed by atoms with Gasteiger partial charge in [-0.15, -0.1) is 0 Å². The van der Waals surface area contributed by atoms with E-state index < -0.39 is 0 Å². The van der Waals surface area contributed by atoms with E-state index in [-0.39, 0.29) is 0 Å². The summed E-state index contributed by atoms with van der Waals surface area (Å²) >= 11 is 0. The fourth-order valence-electron chi connectivity index (χ4n) is 3.41. The molecule has 2 heterocycles. The molecule has 4 nitrogen and oxygen atoms in total. The summed E-state index contributed by atoms with van der Waals surface area (Å²) < 4.78 is 5.97. The van der Waals surface area contributed by atoms with Gasteiger partial charge in [0.25, 0.3) is 0 Å². The van der Waals surface area contributed by atoms with E-state index in [4.69, 9.17) is 4.74 Å². The summed E-state index contributed by atoms with van der Waals surface area (Å²) in [6.07, 6.45) is 0.376. The lowest BCUT2D eigenvalue weighted by Crippen LogP contribution is -2.61. The van der Waals surface area contributed by atoms with Crippen molar-refractivity contribution in [1.82, 2.24) is 15.1 Å².